The van der Waals surface area contributed by atoms with Crippen LogP contribution in [0.3, 0.4) is 0 Å². The smallest absolute Gasteiger partial charge is 0.408 e. The van der Waals surface area contributed by atoms with E-state index in [1.165, 1.54) is 6.33 Å². The third kappa shape index (κ3) is 5.42. The van der Waals surface area contributed by atoms with Gasteiger partial charge in [-0.2, -0.15) is 0 Å². The van der Waals surface area contributed by atoms with Crippen molar-refractivity contribution in [1.82, 2.24) is 29.7 Å². The molecule has 2 aliphatic heterocycles. The standard InChI is InChI=1S/C25H37N7O5/c1-24(2,3)37-23(33)30-14-7-9-15(10-8-14)31(6)11-16-18-19(36-25(4,5)35-18)22(34-16)32-13-29-17-20(26)27-12-28-21(17)32/h7,9,12-16,18-19,22H,8,10-11H2,1-6H3,(H,30,33)(H2,26,27,28)/t14-,15+,16-,18-,19-,22-/m1/s1. The highest BCUT2D eigenvalue weighted by atomic mass is 16.8. The number of aromatic nitrogens is 4. The maximum absolute atomic E-state index is 12.1. The van der Waals surface area contributed by atoms with Crippen molar-refractivity contribution in [3.05, 3.63) is 24.8 Å². The van der Waals surface area contributed by atoms with Crippen LogP contribution in [0.5, 0.6) is 0 Å². The summed E-state index contributed by atoms with van der Waals surface area (Å²) in [7, 11) is 2.07. The molecule has 4 heterocycles. The molecule has 0 bridgehead atoms. The number of hydrogen-bond donors (Lipinski definition) is 2. The first-order valence-corrected chi connectivity index (χ1v) is 12.7. The van der Waals surface area contributed by atoms with Crippen molar-refractivity contribution in [1.29, 1.82) is 0 Å². The van der Waals surface area contributed by atoms with Crippen molar-refractivity contribution in [3.63, 3.8) is 0 Å². The van der Waals surface area contributed by atoms with E-state index >= 15 is 0 Å². The zero-order valence-corrected chi connectivity index (χ0v) is 22.2. The van der Waals surface area contributed by atoms with Crippen LogP contribution >= 0.6 is 0 Å². The molecular weight excluding hydrogens is 478 g/mol. The average molecular weight is 516 g/mol. The Balaban J connectivity index is 1.26. The number of likely N-dealkylation sites (N-methyl/N-ethyl adjacent to an activating group) is 1. The van der Waals surface area contributed by atoms with Crippen molar-refractivity contribution in [3.8, 4) is 0 Å². The van der Waals surface area contributed by atoms with Gasteiger partial charge in [-0.05, 0) is 54.5 Å². The third-order valence-electron chi connectivity index (χ3n) is 6.86. The largest absolute Gasteiger partial charge is 0.444 e. The molecule has 12 heteroatoms. The van der Waals surface area contributed by atoms with Crippen LogP contribution in [0.2, 0.25) is 0 Å². The van der Waals surface area contributed by atoms with Gasteiger partial charge in [-0.3, -0.25) is 9.47 Å². The lowest BCUT2D eigenvalue weighted by Crippen LogP contribution is -2.45. The summed E-state index contributed by atoms with van der Waals surface area (Å²) < 4.78 is 26.3. The van der Waals surface area contributed by atoms with Crippen molar-refractivity contribution >= 4 is 23.1 Å². The van der Waals surface area contributed by atoms with E-state index in [1.807, 2.05) is 45.3 Å². The van der Waals surface area contributed by atoms with Crippen LogP contribution in [-0.2, 0) is 18.9 Å². The molecular formula is C25H37N7O5. The van der Waals surface area contributed by atoms with Crippen LogP contribution in [0.4, 0.5) is 10.6 Å². The zero-order valence-electron chi connectivity index (χ0n) is 22.2. The van der Waals surface area contributed by atoms with Gasteiger partial charge in [-0.25, -0.2) is 19.7 Å². The summed E-state index contributed by atoms with van der Waals surface area (Å²) in [4.78, 5) is 27.2. The number of nitrogens with one attached hydrogen (secondary N) is 1. The SMILES string of the molecule is CN(C[C@H]1O[C@@H](n2cnc3c(N)ncnc32)[C@@H]2OC(C)(C)O[C@@H]21)[C@H]1C=C[C@@H](NC(=O)OC(C)(C)C)CC1. The lowest BCUT2D eigenvalue weighted by Gasteiger charge is -2.33. The molecule has 2 aromatic heterocycles. The number of alkyl carbamates (subject to hydrolysis) is 1. The fraction of sp³-hybridized carbons (Fsp3) is 0.680. The van der Waals surface area contributed by atoms with Gasteiger partial charge in [-0.1, -0.05) is 12.2 Å². The molecule has 0 unspecified atom stereocenters. The Morgan fingerprint density at radius 2 is 1.97 bits per heavy atom. The fourth-order valence-electron chi connectivity index (χ4n) is 5.26. The minimum absolute atomic E-state index is 0.0488. The molecule has 0 aromatic carbocycles. The first-order chi connectivity index (χ1) is 17.4. The number of anilines is 1. The van der Waals surface area contributed by atoms with E-state index in [0.717, 1.165) is 12.8 Å². The maximum Gasteiger partial charge on any atom is 0.408 e. The van der Waals surface area contributed by atoms with E-state index < -0.39 is 23.7 Å². The van der Waals surface area contributed by atoms with Gasteiger partial charge >= 0.3 is 6.09 Å². The Bertz CT molecular complexity index is 1180. The van der Waals surface area contributed by atoms with Crippen LogP contribution in [0, 0.1) is 0 Å². The van der Waals surface area contributed by atoms with Gasteiger partial charge in [0.2, 0.25) is 0 Å². The summed E-state index contributed by atoms with van der Waals surface area (Å²) in [5, 5.41) is 2.93. The zero-order chi connectivity index (χ0) is 26.5. The summed E-state index contributed by atoms with van der Waals surface area (Å²) >= 11 is 0. The Kier molecular flexibility index (Phi) is 6.63. The minimum atomic E-state index is -0.732. The number of fused-ring (bicyclic) bond motifs is 2. The average Bonchev–Trinajstić information content (AvgIpc) is 3.45. The van der Waals surface area contributed by atoms with Crippen LogP contribution in [0.25, 0.3) is 11.2 Å². The number of ether oxygens (including phenoxy) is 4. The fourth-order valence-corrected chi connectivity index (χ4v) is 5.26. The summed E-state index contributed by atoms with van der Waals surface area (Å²) in [5.74, 6) is -0.411. The second kappa shape index (κ2) is 9.50. The summed E-state index contributed by atoms with van der Waals surface area (Å²) in [6, 6.07) is 0.155. The second-order valence-corrected chi connectivity index (χ2v) is 11.4. The molecule has 0 saturated carbocycles. The molecule has 1 aliphatic carbocycles. The van der Waals surface area contributed by atoms with Gasteiger partial charge < -0.3 is 30.0 Å². The lowest BCUT2D eigenvalue weighted by molar-refractivity contribution is -0.198. The first kappa shape index (κ1) is 25.8. The number of nitrogens with two attached hydrogens (primary N) is 1. The summed E-state index contributed by atoms with van der Waals surface area (Å²) in [5.41, 5.74) is 6.59. The van der Waals surface area contributed by atoms with E-state index in [0.29, 0.717) is 23.5 Å². The van der Waals surface area contributed by atoms with Gasteiger partial charge in [0, 0.05) is 12.6 Å². The molecule has 202 valence electrons. The minimum Gasteiger partial charge on any atom is -0.444 e. The number of carbonyl (C=O) groups excluding carboxylic acids is 1. The van der Waals surface area contributed by atoms with Crippen molar-refractivity contribution in [2.75, 3.05) is 19.3 Å². The van der Waals surface area contributed by atoms with Crippen molar-refractivity contribution in [2.24, 2.45) is 0 Å². The van der Waals surface area contributed by atoms with E-state index in [2.05, 4.69) is 38.3 Å². The molecule has 1 amide bonds. The quantitative estimate of drug-likeness (QED) is 0.571. The normalized spacial score (nSPS) is 31.1. The summed E-state index contributed by atoms with van der Waals surface area (Å²) in [6.45, 7) is 10.0. The Morgan fingerprint density at radius 1 is 1.22 bits per heavy atom. The molecule has 0 spiro atoms. The van der Waals surface area contributed by atoms with E-state index in [-0.39, 0.29) is 30.4 Å². The monoisotopic (exact) mass is 515 g/mol. The Hall–Kier alpha value is -2.80. The lowest BCUT2D eigenvalue weighted by atomic mass is 9.97. The Morgan fingerprint density at radius 3 is 2.68 bits per heavy atom. The topological polar surface area (TPSA) is 139 Å². The van der Waals surface area contributed by atoms with E-state index in [1.54, 1.807) is 6.33 Å². The number of nitrogen functional groups attached to an aromatic ring is 1. The number of amides is 1. The third-order valence-corrected chi connectivity index (χ3v) is 6.86. The molecule has 2 aromatic rings. The van der Waals surface area contributed by atoms with E-state index in [4.69, 9.17) is 24.7 Å². The number of carbonyl (C=O) groups is 1. The highest BCUT2D eigenvalue weighted by Crippen LogP contribution is 2.44. The highest BCUT2D eigenvalue weighted by Gasteiger charge is 2.56. The van der Waals surface area contributed by atoms with Gasteiger partial charge in [0.05, 0.1) is 12.4 Å². The van der Waals surface area contributed by atoms with Gasteiger partial charge in [0.15, 0.2) is 23.5 Å². The number of hydrogen-bond acceptors (Lipinski definition) is 10. The van der Waals surface area contributed by atoms with Crippen LogP contribution in [0.15, 0.2) is 24.8 Å². The summed E-state index contributed by atoms with van der Waals surface area (Å²) in [6.07, 6.45) is 7.29. The van der Waals surface area contributed by atoms with Gasteiger partial charge in [-0.15, -0.1) is 0 Å². The van der Waals surface area contributed by atoms with Gasteiger partial charge in [0.25, 0.3) is 0 Å². The molecule has 6 atom stereocenters. The predicted octanol–water partition coefficient (Wildman–Crippen LogP) is 2.37. The molecule has 5 rings (SSSR count). The molecule has 3 aliphatic rings. The molecule has 2 saturated heterocycles. The highest BCUT2D eigenvalue weighted by molar-refractivity contribution is 5.81. The maximum atomic E-state index is 12.1. The van der Waals surface area contributed by atoms with Crippen LogP contribution in [0.1, 0.15) is 53.7 Å². The number of imidazole rings is 1. The van der Waals surface area contributed by atoms with Gasteiger partial charge in [0.1, 0.15) is 35.8 Å². The number of rotatable bonds is 5. The second-order valence-electron chi connectivity index (χ2n) is 11.4. The molecule has 12 nitrogen and oxygen atoms in total. The molecule has 37 heavy (non-hydrogen) atoms. The number of nitrogens with zero attached hydrogens (tertiary/aromatic N) is 5. The predicted molar refractivity (Wildman–Crippen MR) is 135 cm³/mol. The molecule has 3 N–H and O–H groups in total. The van der Waals surface area contributed by atoms with Crippen LogP contribution < -0.4 is 11.1 Å². The van der Waals surface area contributed by atoms with Crippen molar-refractivity contribution in [2.45, 2.75) is 95.5 Å². The van der Waals surface area contributed by atoms with Crippen LogP contribution in [-0.4, -0.2) is 85.9 Å². The Labute approximate surface area is 216 Å². The molecule has 0 radical (unpaired) electrons. The molecule has 2 fully saturated rings. The first-order valence-electron chi connectivity index (χ1n) is 12.7. The van der Waals surface area contributed by atoms with E-state index in [9.17, 15) is 4.79 Å². The van der Waals surface area contributed by atoms with Crippen molar-refractivity contribution < 1.29 is 23.7 Å².